The summed E-state index contributed by atoms with van der Waals surface area (Å²) in [7, 11) is 1.63. The molecule has 1 aliphatic rings. The molecule has 0 saturated carbocycles. The minimum absolute atomic E-state index is 0.183. The lowest BCUT2D eigenvalue weighted by Gasteiger charge is -2.28. The molecular weight excluding hydrogens is 392 g/mol. The first-order chi connectivity index (χ1) is 14.9. The van der Waals surface area contributed by atoms with E-state index in [1.165, 1.54) is 0 Å². The number of hydrogen-bond donors (Lipinski definition) is 2. The normalized spacial score (nSPS) is 12.9. The van der Waals surface area contributed by atoms with Gasteiger partial charge in [-0.1, -0.05) is 29.8 Å². The number of carbonyl (C=O) groups is 1. The molecule has 2 heterocycles. The molecule has 0 radical (unpaired) electrons. The van der Waals surface area contributed by atoms with Gasteiger partial charge in [-0.05, 0) is 43.2 Å². The number of nitrogens with one attached hydrogen (secondary N) is 2. The van der Waals surface area contributed by atoms with E-state index in [-0.39, 0.29) is 18.1 Å². The Morgan fingerprint density at radius 3 is 2.68 bits per heavy atom. The Morgan fingerprint density at radius 1 is 1.19 bits per heavy atom. The van der Waals surface area contributed by atoms with Crippen LogP contribution in [0.15, 0.2) is 47.3 Å². The van der Waals surface area contributed by atoms with Gasteiger partial charge in [-0.2, -0.15) is 0 Å². The van der Waals surface area contributed by atoms with E-state index in [9.17, 15) is 9.59 Å². The Balaban J connectivity index is 1.47. The lowest BCUT2D eigenvalue weighted by atomic mass is 10.1. The summed E-state index contributed by atoms with van der Waals surface area (Å²) in [6, 6.07) is 13.4. The van der Waals surface area contributed by atoms with Crippen molar-refractivity contribution >= 4 is 11.7 Å². The molecule has 2 N–H and O–H groups in total. The number of anilines is 1. The second-order valence-electron chi connectivity index (χ2n) is 7.88. The predicted molar refractivity (Wildman–Crippen MR) is 120 cm³/mol. The summed E-state index contributed by atoms with van der Waals surface area (Å²) < 4.78 is 5.18. The maximum atomic E-state index is 12.8. The number of amides is 2. The van der Waals surface area contributed by atoms with Crippen LogP contribution in [0.2, 0.25) is 0 Å². The zero-order valence-electron chi connectivity index (χ0n) is 18.0. The quantitative estimate of drug-likeness (QED) is 0.678. The number of aryl methyl sites for hydroxylation is 2. The van der Waals surface area contributed by atoms with Gasteiger partial charge in [0.1, 0.15) is 11.6 Å². The van der Waals surface area contributed by atoms with E-state index in [1.807, 2.05) is 56.3 Å². The number of H-pyrrole nitrogens is 1. The van der Waals surface area contributed by atoms with Crippen LogP contribution in [-0.2, 0) is 19.4 Å². The van der Waals surface area contributed by atoms with E-state index >= 15 is 0 Å². The van der Waals surface area contributed by atoms with Gasteiger partial charge in [0.15, 0.2) is 0 Å². The molecule has 0 atom stereocenters. The van der Waals surface area contributed by atoms with Crippen LogP contribution in [0.1, 0.15) is 33.8 Å². The summed E-state index contributed by atoms with van der Waals surface area (Å²) in [5.74, 6) is 1.41. The van der Waals surface area contributed by atoms with E-state index in [0.717, 1.165) is 33.8 Å². The first kappa shape index (κ1) is 20.7. The maximum Gasteiger partial charge on any atom is 0.322 e. The van der Waals surface area contributed by atoms with Gasteiger partial charge in [0.2, 0.25) is 0 Å². The number of nitrogens with zero attached hydrogens (tertiary/aromatic N) is 2. The number of fused-ring (bicyclic) bond motifs is 1. The Bertz CT molecular complexity index is 1170. The molecule has 0 spiro atoms. The first-order valence-corrected chi connectivity index (χ1v) is 10.3. The summed E-state index contributed by atoms with van der Waals surface area (Å²) in [4.78, 5) is 34.7. The van der Waals surface area contributed by atoms with Crippen LogP contribution in [0.4, 0.5) is 10.5 Å². The Kier molecular flexibility index (Phi) is 5.75. The van der Waals surface area contributed by atoms with Crippen molar-refractivity contribution in [1.82, 2.24) is 14.9 Å². The summed E-state index contributed by atoms with van der Waals surface area (Å²) in [5, 5.41) is 2.95. The number of aromatic amines is 1. The fourth-order valence-corrected chi connectivity index (χ4v) is 3.82. The lowest BCUT2D eigenvalue weighted by molar-refractivity contribution is 0.205. The molecule has 2 aromatic carbocycles. The van der Waals surface area contributed by atoms with Crippen molar-refractivity contribution in [1.29, 1.82) is 0 Å². The average Bonchev–Trinajstić information content (AvgIpc) is 2.76. The van der Waals surface area contributed by atoms with Gasteiger partial charge in [-0.25, -0.2) is 9.78 Å². The van der Waals surface area contributed by atoms with Crippen molar-refractivity contribution in [3.63, 3.8) is 0 Å². The molecule has 1 aromatic heterocycles. The fraction of sp³-hybridized carbons (Fsp3) is 0.292. The summed E-state index contributed by atoms with van der Waals surface area (Å²) in [6.07, 6.45) is 1.08. The highest BCUT2D eigenvalue weighted by molar-refractivity contribution is 5.90. The zero-order valence-corrected chi connectivity index (χ0v) is 18.0. The van der Waals surface area contributed by atoms with Gasteiger partial charge in [-0.3, -0.25) is 4.79 Å². The topological polar surface area (TPSA) is 87.3 Å². The van der Waals surface area contributed by atoms with E-state index in [0.29, 0.717) is 30.8 Å². The van der Waals surface area contributed by atoms with Crippen molar-refractivity contribution in [3.05, 3.63) is 86.6 Å². The molecular formula is C24H26N4O3. The Hall–Kier alpha value is -3.61. The summed E-state index contributed by atoms with van der Waals surface area (Å²) in [5.41, 5.74) is 5.11. The molecule has 0 saturated heterocycles. The maximum absolute atomic E-state index is 12.8. The highest BCUT2D eigenvalue weighted by atomic mass is 16.5. The number of benzene rings is 2. The minimum Gasteiger partial charge on any atom is -0.497 e. The minimum atomic E-state index is -0.209. The molecule has 4 rings (SSSR count). The second kappa shape index (κ2) is 8.63. The molecule has 7 heteroatoms. The van der Waals surface area contributed by atoms with Crippen molar-refractivity contribution < 1.29 is 9.53 Å². The molecule has 1 aliphatic heterocycles. The molecule has 31 heavy (non-hydrogen) atoms. The second-order valence-corrected chi connectivity index (χ2v) is 7.88. The van der Waals surface area contributed by atoms with Gasteiger partial charge in [0, 0.05) is 25.1 Å². The van der Waals surface area contributed by atoms with E-state index < -0.39 is 0 Å². The van der Waals surface area contributed by atoms with Gasteiger partial charge in [-0.15, -0.1) is 0 Å². The Labute approximate surface area is 181 Å². The van der Waals surface area contributed by atoms with E-state index in [1.54, 1.807) is 12.0 Å². The van der Waals surface area contributed by atoms with E-state index in [4.69, 9.17) is 4.74 Å². The summed E-state index contributed by atoms with van der Waals surface area (Å²) in [6.45, 7) is 4.74. The van der Waals surface area contributed by atoms with Crippen LogP contribution in [-0.4, -0.2) is 34.6 Å². The van der Waals surface area contributed by atoms with Crippen molar-refractivity contribution in [2.45, 2.75) is 33.2 Å². The smallest absolute Gasteiger partial charge is 0.322 e. The molecule has 0 aliphatic carbocycles. The van der Waals surface area contributed by atoms with Crippen LogP contribution in [0, 0.1) is 13.8 Å². The molecule has 0 fully saturated rings. The number of urea groups is 1. The number of rotatable bonds is 4. The van der Waals surface area contributed by atoms with Crippen LogP contribution < -0.4 is 15.6 Å². The monoisotopic (exact) mass is 418 g/mol. The molecule has 7 nitrogen and oxygen atoms in total. The predicted octanol–water partition coefficient (Wildman–Crippen LogP) is 3.58. The number of aromatic nitrogens is 2. The third-order valence-electron chi connectivity index (χ3n) is 5.56. The number of ether oxygens (including phenoxy) is 1. The molecule has 160 valence electrons. The molecule has 2 amide bonds. The van der Waals surface area contributed by atoms with Crippen LogP contribution in [0.3, 0.4) is 0 Å². The standard InChI is InChI=1S/C24H26N4O3/c1-15-4-9-20(16(2)12-15)26-24(30)28-11-10-21-19(14-28)23(29)27-22(25-21)13-17-5-7-18(31-3)8-6-17/h4-9,12H,10-11,13-14H2,1-3H3,(H,26,30)(H,25,27,29). The molecule has 0 bridgehead atoms. The highest BCUT2D eigenvalue weighted by Gasteiger charge is 2.25. The van der Waals surface area contributed by atoms with Gasteiger partial charge in [0.05, 0.1) is 24.9 Å². The van der Waals surface area contributed by atoms with Crippen LogP contribution >= 0.6 is 0 Å². The molecule has 0 unspecified atom stereocenters. The number of hydrogen-bond acceptors (Lipinski definition) is 4. The zero-order chi connectivity index (χ0) is 22.0. The Morgan fingerprint density at radius 2 is 1.97 bits per heavy atom. The number of carbonyl (C=O) groups excluding carboxylic acids is 1. The largest absolute Gasteiger partial charge is 0.497 e. The first-order valence-electron chi connectivity index (χ1n) is 10.3. The van der Waals surface area contributed by atoms with Gasteiger partial charge < -0.3 is 19.9 Å². The van der Waals surface area contributed by atoms with Crippen molar-refractivity contribution in [2.24, 2.45) is 0 Å². The van der Waals surface area contributed by atoms with Crippen LogP contribution in [0.5, 0.6) is 5.75 Å². The average molecular weight is 418 g/mol. The third-order valence-corrected chi connectivity index (χ3v) is 5.56. The number of methoxy groups -OCH3 is 1. The lowest BCUT2D eigenvalue weighted by Crippen LogP contribution is -2.42. The third kappa shape index (κ3) is 4.60. The summed E-state index contributed by atoms with van der Waals surface area (Å²) >= 11 is 0. The van der Waals surface area contributed by atoms with E-state index in [2.05, 4.69) is 15.3 Å². The van der Waals surface area contributed by atoms with Gasteiger partial charge >= 0.3 is 6.03 Å². The fourth-order valence-electron chi connectivity index (χ4n) is 3.82. The highest BCUT2D eigenvalue weighted by Crippen LogP contribution is 2.20. The molecule has 3 aromatic rings. The van der Waals surface area contributed by atoms with Crippen LogP contribution in [0.25, 0.3) is 0 Å². The van der Waals surface area contributed by atoms with Crippen molar-refractivity contribution in [3.8, 4) is 5.75 Å². The van der Waals surface area contributed by atoms with Gasteiger partial charge in [0.25, 0.3) is 5.56 Å². The van der Waals surface area contributed by atoms with Crippen molar-refractivity contribution in [2.75, 3.05) is 19.0 Å². The SMILES string of the molecule is COc1ccc(Cc2nc3c(c(=O)[nH]2)CN(C(=O)Nc2ccc(C)cc2C)CC3)cc1.